The minimum Gasteiger partial charge on any atom is -0.357 e. The molecule has 3 heteroatoms. The van der Waals surface area contributed by atoms with E-state index in [4.69, 9.17) is 17.3 Å². The van der Waals surface area contributed by atoms with Gasteiger partial charge in [-0.3, -0.25) is 0 Å². The molecule has 1 atom stereocenters. The van der Waals surface area contributed by atoms with Crippen molar-refractivity contribution in [2.75, 3.05) is 0 Å². The van der Waals surface area contributed by atoms with Crippen LogP contribution in [-0.2, 0) is 0 Å². The molecule has 1 unspecified atom stereocenters. The van der Waals surface area contributed by atoms with Crippen LogP contribution in [-0.4, -0.2) is 4.98 Å². The molecule has 0 saturated carbocycles. The second-order valence-corrected chi connectivity index (χ2v) is 4.07. The summed E-state index contributed by atoms with van der Waals surface area (Å²) >= 11 is 6.09. The summed E-state index contributed by atoms with van der Waals surface area (Å²) in [7, 11) is 0. The van der Waals surface area contributed by atoms with E-state index in [1.165, 1.54) is 5.56 Å². The summed E-state index contributed by atoms with van der Waals surface area (Å²) in [6, 6.07) is 5.96. The number of hydrogen-bond acceptors (Lipinski definition) is 1. The molecule has 0 aliphatic carbocycles. The first-order valence-electron chi connectivity index (χ1n) is 4.63. The topological polar surface area (TPSA) is 41.8 Å². The van der Waals surface area contributed by atoms with Crippen LogP contribution in [0.15, 0.2) is 18.2 Å². The lowest BCUT2D eigenvalue weighted by atomic mass is 10.1. The molecule has 1 heterocycles. The van der Waals surface area contributed by atoms with Crippen molar-refractivity contribution in [1.29, 1.82) is 0 Å². The van der Waals surface area contributed by atoms with E-state index >= 15 is 0 Å². The van der Waals surface area contributed by atoms with Crippen molar-refractivity contribution < 1.29 is 0 Å². The van der Waals surface area contributed by atoms with Crippen LogP contribution in [0.25, 0.3) is 10.9 Å². The van der Waals surface area contributed by atoms with Gasteiger partial charge in [-0.2, -0.15) is 0 Å². The lowest BCUT2D eigenvalue weighted by molar-refractivity contribution is 0.792. The van der Waals surface area contributed by atoms with Gasteiger partial charge in [0.25, 0.3) is 0 Å². The van der Waals surface area contributed by atoms with Crippen LogP contribution in [0.5, 0.6) is 0 Å². The van der Waals surface area contributed by atoms with Crippen LogP contribution in [0.4, 0.5) is 0 Å². The quantitative estimate of drug-likeness (QED) is 0.743. The first-order chi connectivity index (χ1) is 6.59. The Morgan fingerprint density at radius 3 is 2.71 bits per heavy atom. The molecule has 2 rings (SSSR count). The van der Waals surface area contributed by atoms with Crippen LogP contribution < -0.4 is 5.73 Å². The molecule has 0 aliphatic rings. The van der Waals surface area contributed by atoms with E-state index in [-0.39, 0.29) is 6.04 Å². The van der Waals surface area contributed by atoms with Gasteiger partial charge >= 0.3 is 0 Å². The Morgan fingerprint density at radius 2 is 2.14 bits per heavy atom. The molecule has 0 aliphatic heterocycles. The number of aromatic nitrogens is 1. The second-order valence-electron chi connectivity index (χ2n) is 3.67. The third-order valence-corrected chi connectivity index (χ3v) is 2.79. The SMILES string of the molecule is Cc1ccc(Cl)c2cc(C(C)N)[nH]c12. The number of halogens is 1. The van der Waals surface area contributed by atoms with E-state index in [2.05, 4.69) is 11.9 Å². The van der Waals surface area contributed by atoms with Crippen LogP contribution in [0, 0.1) is 6.92 Å². The average molecular weight is 209 g/mol. The Bertz CT molecular complexity index is 432. The summed E-state index contributed by atoms with van der Waals surface area (Å²) in [5, 5.41) is 1.83. The number of H-pyrrole nitrogens is 1. The molecule has 74 valence electrons. The summed E-state index contributed by atoms with van der Waals surface area (Å²) in [5.41, 5.74) is 9.11. The van der Waals surface area contributed by atoms with Gasteiger partial charge in [-0.05, 0) is 31.5 Å². The van der Waals surface area contributed by atoms with Crippen LogP contribution in [0.1, 0.15) is 24.2 Å². The van der Waals surface area contributed by atoms with Crippen molar-refractivity contribution in [3.63, 3.8) is 0 Å². The Balaban J connectivity index is 2.75. The molecule has 0 radical (unpaired) electrons. The maximum atomic E-state index is 6.09. The standard InChI is InChI=1S/C11H13ClN2/c1-6-3-4-9(12)8-5-10(7(2)13)14-11(6)8/h3-5,7,14H,13H2,1-2H3. The Morgan fingerprint density at radius 1 is 1.43 bits per heavy atom. The zero-order valence-corrected chi connectivity index (χ0v) is 9.02. The van der Waals surface area contributed by atoms with E-state index in [9.17, 15) is 0 Å². The summed E-state index contributed by atoms with van der Waals surface area (Å²) in [5.74, 6) is 0. The molecule has 14 heavy (non-hydrogen) atoms. The number of benzene rings is 1. The van der Waals surface area contributed by atoms with Gasteiger partial charge < -0.3 is 10.7 Å². The third-order valence-electron chi connectivity index (χ3n) is 2.46. The predicted octanol–water partition coefficient (Wildman–Crippen LogP) is 3.15. The van der Waals surface area contributed by atoms with Gasteiger partial charge in [0.1, 0.15) is 0 Å². The first-order valence-corrected chi connectivity index (χ1v) is 5.00. The highest BCUT2D eigenvalue weighted by atomic mass is 35.5. The van der Waals surface area contributed by atoms with Crippen molar-refractivity contribution >= 4 is 22.5 Å². The van der Waals surface area contributed by atoms with E-state index in [1.54, 1.807) is 0 Å². The molecular weight excluding hydrogens is 196 g/mol. The molecule has 3 N–H and O–H groups in total. The van der Waals surface area contributed by atoms with E-state index in [0.29, 0.717) is 0 Å². The van der Waals surface area contributed by atoms with Gasteiger partial charge in [-0.25, -0.2) is 0 Å². The van der Waals surface area contributed by atoms with Gasteiger partial charge in [0, 0.05) is 22.1 Å². The minimum absolute atomic E-state index is 0.0119. The zero-order chi connectivity index (χ0) is 10.3. The van der Waals surface area contributed by atoms with Crippen molar-refractivity contribution in [3.8, 4) is 0 Å². The van der Waals surface area contributed by atoms with Gasteiger partial charge in [0.05, 0.1) is 5.52 Å². The predicted molar refractivity (Wildman–Crippen MR) is 60.6 cm³/mol. The van der Waals surface area contributed by atoms with E-state index in [1.807, 2.05) is 25.1 Å². The van der Waals surface area contributed by atoms with Gasteiger partial charge in [-0.15, -0.1) is 0 Å². The van der Waals surface area contributed by atoms with Gasteiger partial charge in [0.15, 0.2) is 0 Å². The number of nitrogens with two attached hydrogens (primary N) is 1. The molecule has 0 fully saturated rings. The summed E-state index contributed by atoms with van der Waals surface area (Å²) in [4.78, 5) is 3.29. The Labute approximate surface area is 88.1 Å². The van der Waals surface area contributed by atoms with Gasteiger partial charge in [-0.1, -0.05) is 17.7 Å². The monoisotopic (exact) mass is 208 g/mol. The molecule has 0 saturated heterocycles. The number of rotatable bonds is 1. The van der Waals surface area contributed by atoms with Crippen molar-refractivity contribution in [2.45, 2.75) is 19.9 Å². The van der Waals surface area contributed by atoms with Crippen molar-refractivity contribution in [2.24, 2.45) is 5.73 Å². The van der Waals surface area contributed by atoms with Crippen LogP contribution in [0.2, 0.25) is 5.02 Å². The molecule has 2 aromatic rings. The van der Waals surface area contributed by atoms with Gasteiger partial charge in [0.2, 0.25) is 0 Å². The summed E-state index contributed by atoms with van der Waals surface area (Å²) in [6.07, 6.45) is 0. The molecule has 1 aromatic heterocycles. The average Bonchev–Trinajstić information content (AvgIpc) is 2.57. The molecule has 1 aromatic carbocycles. The highest BCUT2D eigenvalue weighted by Crippen LogP contribution is 2.28. The molecule has 0 amide bonds. The van der Waals surface area contributed by atoms with Crippen LogP contribution in [0.3, 0.4) is 0 Å². The maximum absolute atomic E-state index is 6.09. The zero-order valence-electron chi connectivity index (χ0n) is 8.26. The third kappa shape index (κ3) is 1.41. The lowest BCUT2D eigenvalue weighted by Gasteiger charge is -1.99. The summed E-state index contributed by atoms with van der Waals surface area (Å²) in [6.45, 7) is 4.01. The molecule has 0 spiro atoms. The number of nitrogens with one attached hydrogen (secondary N) is 1. The Hall–Kier alpha value is -0.990. The summed E-state index contributed by atoms with van der Waals surface area (Å²) < 4.78 is 0. The normalized spacial score (nSPS) is 13.4. The molecule has 2 nitrogen and oxygen atoms in total. The fraction of sp³-hybridized carbons (Fsp3) is 0.273. The van der Waals surface area contributed by atoms with Crippen molar-refractivity contribution in [1.82, 2.24) is 4.98 Å². The first kappa shape index (κ1) is 9.56. The maximum Gasteiger partial charge on any atom is 0.0501 e. The van der Waals surface area contributed by atoms with Crippen LogP contribution >= 0.6 is 11.6 Å². The largest absolute Gasteiger partial charge is 0.357 e. The number of hydrogen-bond donors (Lipinski definition) is 2. The molecular formula is C11H13ClN2. The fourth-order valence-corrected chi connectivity index (χ4v) is 1.80. The van der Waals surface area contributed by atoms with Crippen molar-refractivity contribution in [3.05, 3.63) is 34.5 Å². The number of aromatic amines is 1. The molecule has 0 bridgehead atoms. The fourth-order valence-electron chi connectivity index (χ4n) is 1.59. The van der Waals surface area contributed by atoms with E-state index in [0.717, 1.165) is 21.6 Å². The number of fused-ring (bicyclic) bond motifs is 1. The number of aryl methyl sites for hydroxylation is 1. The second kappa shape index (κ2) is 3.30. The minimum atomic E-state index is 0.0119. The van der Waals surface area contributed by atoms with E-state index < -0.39 is 0 Å². The highest BCUT2D eigenvalue weighted by Gasteiger charge is 2.08. The smallest absolute Gasteiger partial charge is 0.0501 e. The highest BCUT2D eigenvalue weighted by molar-refractivity contribution is 6.35. The lowest BCUT2D eigenvalue weighted by Crippen LogP contribution is -2.04. The Kier molecular flexibility index (Phi) is 2.25.